The maximum Gasteiger partial charge on any atom is 0.160 e. The molecule has 0 fully saturated rings. The number of aryl methyl sites for hydroxylation is 2. The lowest BCUT2D eigenvalue weighted by Gasteiger charge is -2.09. The summed E-state index contributed by atoms with van der Waals surface area (Å²) in [6.45, 7) is 5.47. The number of halogens is 2. The summed E-state index contributed by atoms with van der Waals surface area (Å²) < 4.78 is 2.19. The van der Waals surface area contributed by atoms with E-state index >= 15 is 0 Å². The van der Waals surface area contributed by atoms with E-state index in [1.54, 1.807) is 6.20 Å². The second-order valence-corrected chi connectivity index (χ2v) is 6.32. The number of unbranched alkanes of at least 4 members (excludes halogenated alkanes) is 1. The molecule has 0 atom stereocenters. The first-order chi connectivity index (χ1) is 9.61. The molecule has 0 spiro atoms. The number of nitrogens with zero attached hydrogens (tertiary/aromatic N) is 3. The van der Waals surface area contributed by atoms with E-state index in [9.17, 15) is 0 Å². The molecule has 20 heavy (non-hydrogen) atoms. The molecule has 2 heterocycles. The van der Waals surface area contributed by atoms with Crippen molar-refractivity contribution in [3.63, 3.8) is 0 Å². The van der Waals surface area contributed by atoms with Crippen LogP contribution >= 0.6 is 23.2 Å². The van der Waals surface area contributed by atoms with Gasteiger partial charge in [0.25, 0.3) is 0 Å². The standard InChI is InChI=1S/C15H21Cl2N3/c1-11(2)5-3-4-8-20-14(6-7-16)19-13-9-12(17)10-18-15(13)20/h9-11H,3-8H2,1-2H3. The number of alkyl halides is 1. The number of pyridine rings is 1. The zero-order valence-electron chi connectivity index (χ0n) is 12.1. The second-order valence-electron chi connectivity index (χ2n) is 5.50. The van der Waals surface area contributed by atoms with Crippen LogP contribution < -0.4 is 0 Å². The van der Waals surface area contributed by atoms with Gasteiger partial charge in [0.1, 0.15) is 11.3 Å². The topological polar surface area (TPSA) is 30.7 Å². The molecule has 0 amide bonds. The Morgan fingerprint density at radius 2 is 2.10 bits per heavy atom. The molecule has 0 unspecified atom stereocenters. The number of hydrogen-bond donors (Lipinski definition) is 0. The Bertz CT molecular complexity index is 563. The van der Waals surface area contributed by atoms with Gasteiger partial charge in [0, 0.05) is 25.0 Å². The number of rotatable bonds is 7. The number of imidazole rings is 1. The van der Waals surface area contributed by atoms with Gasteiger partial charge in [-0.1, -0.05) is 38.3 Å². The number of fused-ring (bicyclic) bond motifs is 1. The van der Waals surface area contributed by atoms with Crippen molar-refractivity contribution in [1.82, 2.24) is 14.5 Å². The van der Waals surface area contributed by atoms with Crippen LogP contribution in [0.5, 0.6) is 0 Å². The highest BCUT2D eigenvalue weighted by molar-refractivity contribution is 6.31. The average molecular weight is 314 g/mol. The number of aromatic nitrogens is 3. The summed E-state index contributed by atoms with van der Waals surface area (Å²) >= 11 is 11.9. The molecule has 0 aliphatic carbocycles. The highest BCUT2D eigenvalue weighted by Gasteiger charge is 2.11. The van der Waals surface area contributed by atoms with E-state index in [1.165, 1.54) is 12.8 Å². The van der Waals surface area contributed by atoms with Crippen LogP contribution in [-0.2, 0) is 13.0 Å². The van der Waals surface area contributed by atoms with Gasteiger partial charge in [-0.25, -0.2) is 9.97 Å². The molecule has 0 aliphatic rings. The van der Waals surface area contributed by atoms with Crippen LogP contribution in [0, 0.1) is 5.92 Å². The van der Waals surface area contributed by atoms with Crippen molar-refractivity contribution in [2.45, 2.75) is 46.1 Å². The molecule has 110 valence electrons. The molecule has 0 N–H and O–H groups in total. The summed E-state index contributed by atoms with van der Waals surface area (Å²) in [7, 11) is 0. The predicted octanol–water partition coefficient (Wildman–Crippen LogP) is 4.69. The van der Waals surface area contributed by atoms with Crippen LogP contribution in [0.25, 0.3) is 11.2 Å². The Kier molecular flexibility index (Phi) is 5.67. The maximum atomic E-state index is 5.98. The molecule has 0 aliphatic heterocycles. The third-order valence-corrected chi connectivity index (χ3v) is 3.76. The first-order valence-electron chi connectivity index (χ1n) is 7.18. The van der Waals surface area contributed by atoms with E-state index in [2.05, 4.69) is 28.4 Å². The minimum atomic E-state index is 0.572. The highest BCUT2D eigenvalue weighted by Crippen LogP contribution is 2.20. The zero-order chi connectivity index (χ0) is 14.5. The average Bonchev–Trinajstić information content (AvgIpc) is 2.72. The lowest BCUT2D eigenvalue weighted by Crippen LogP contribution is -2.06. The summed E-state index contributed by atoms with van der Waals surface area (Å²) in [6, 6.07) is 1.87. The lowest BCUT2D eigenvalue weighted by atomic mass is 10.1. The fourth-order valence-corrected chi connectivity index (χ4v) is 2.69. The minimum absolute atomic E-state index is 0.572. The van der Waals surface area contributed by atoms with Crippen LogP contribution in [-0.4, -0.2) is 20.4 Å². The van der Waals surface area contributed by atoms with Crippen molar-refractivity contribution in [3.8, 4) is 0 Å². The van der Waals surface area contributed by atoms with E-state index in [1.807, 2.05) is 6.07 Å². The molecule has 0 aromatic carbocycles. The first-order valence-corrected chi connectivity index (χ1v) is 8.09. The summed E-state index contributed by atoms with van der Waals surface area (Å²) in [6.07, 6.45) is 6.07. The SMILES string of the molecule is CC(C)CCCCn1c(CCCl)nc2cc(Cl)cnc21. The Hall–Kier alpha value is -0.800. The van der Waals surface area contributed by atoms with Gasteiger partial charge >= 0.3 is 0 Å². The quantitative estimate of drug-likeness (QED) is 0.548. The third-order valence-electron chi connectivity index (χ3n) is 3.36. The molecular formula is C15H21Cl2N3. The van der Waals surface area contributed by atoms with Gasteiger partial charge in [-0.05, 0) is 18.4 Å². The maximum absolute atomic E-state index is 5.98. The van der Waals surface area contributed by atoms with Crippen LogP contribution in [0.4, 0.5) is 0 Å². The van der Waals surface area contributed by atoms with Crippen LogP contribution in [0.1, 0.15) is 38.9 Å². The summed E-state index contributed by atoms with van der Waals surface area (Å²) in [5.41, 5.74) is 1.78. The highest BCUT2D eigenvalue weighted by atomic mass is 35.5. The Morgan fingerprint density at radius 1 is 1.30 bits per heavy atom. The molecule has 5 heteroatoms. The monoisotopic (exact) mass is 313 g/mol. The fraction of sp³-hybridized carbons (Fsp3) is 0.600. The molecule has 0 radical (unpaired) electrons. The van der Waals surface area contributed by atoms with Crippen molar-refractivity contribution in [2.75, 3.05) is 5.88 Å². The largest absolute Gasteiger partial charge is 0.313 e. The molecule has 2 aromatic rings. The van der Waals surface area contributed by atoms with Gasteiger partial charge in [-0.15, -0.1) is 11.6 Å². The van der Waals surface area contributed by atoms with Crippen molar-refractivity contribution in [1.29, 1.82) is 0 Å². The molecule has 2 aromatic heterocycles. The fourth-order valence-electron chi connectivity index (χ4n) is 2.37. The molecule has 3 nitrogen and oxygen atoms in total. The number of hydrogen-bond acceptors (Lipinski definition) is 2. The lowest BCUT2D eigenvalue weighted by molar-refractivity contribution is 0.507. The van der Waals surface area contributed by atoms with E-state index < -0.39 is 0 Å². The Balaban J connectivity index is 2.17. The van der Waals surface area contributed by atoms with Gasteiger partial charge in [0.05, 0.1) is 5.02 Å². The van der Waals surface area contributed by atoms with Crippen molar-refractivity contribution in [3.05, 3.63) is 23.1 Å². The van der Waals surface area contributed by atoms with Gasteiger partial charge in [0.15, 0.2) is 5.65 Å². The van der Waals surface area contributed by atoms with E-state index in [-0.39, 0.29) is 0 Å². The molecule has 0 bridgehead atoms. The molecule has 0 saturated heterocycles. The summed E-state index contributed by atoms with van der Waals surface area (Å²) in [5, 5.41) is 0.624. The predicted molar refractivity (Wildman–Crippen MR) is 85.7 cm³/mol. The van der Waals surface area contributed by atoms with E-state index in [0.29, 0.717) is 10.9 Å². The van der Waals surface area contributed by atoms with Gasteiger partial charge in [-0.2, -0.15) is 0 Å². The van der Waals surface area contributed by atoms with E-state index in [0.717, 1.165) is 42.3 Å². The van der Waals surface area contributed by atoms with Crippen molar-refractivity contribution < 1.29 is 0 Å². The van der Waals surface area contributed by atoms with Crippen LogP contribution in [0.2, 0.25) is 5.02 Å². The minimum Gasteiger partial charge on any atom is -0.313 e. The smallest absolute Gasteiger partial charge is 0.160 e. The second kappa shape index (κ2) is 7.28. The first kappa shape index (κ1) is 15.6. The van der Waals surface area contributed by atoms with Crippen molar-refractivity contribution >= 4 is 34.4 Å². The van der Waals surface area contributed by atoms with Crippen LogP contribution in [0.15, 0.2) is 12.3 Å². The summed E-state index contributed by atoms with van der Waals surface area (Å²) in [5.74, 6) is 2.34. The molecule has 2 rings (SSSR count). The zero-order valence-corrected chi connectivity index (χ0v) is 13.6. The Labute approximate surface area is 130 Å². The van der Waals surface area contributed by atoms with Gasteiger partial charge in [0.2, 0.25) is 0 Å². The summed E-state index contributed by atoms with van der Waals surface area (Å²) in [4.78, 5) is 9.03. The normalized spacial score (nSPS) is 11.7. The van der Waals surface area contributed by atoms with Gasteiger partial charge in [-0.3, -0.25) is 0 Å². The molecule has 0 saturated carbocycles. The van der Waals surface area contributed by atoms with Crippen LogP contribution in [0.3, 0.4) is 0 Å². The van der Waals surface area contributed by atoms with Crippen molar-refractivity contribution in [2.24, 2.45) is 5.92 Å². The van der Waals surface area contributed by atoms with E-state index in [4.69, 9.17) is 23.2 Å². The third kappa shape index (κ3) is 3.86. The molecular weight excluding hydrogens is 293 g/mol. The van der Waals surface area contributed by atoms with Gasteiger partial charge < -0.3 is 4.57 Å². The Morgan fingerprint density at radius 3 is 2.80 bits per heavy atom.